The molecule has 0 radical (unpaired) electrons. The maximum Gasteiger partial charge on any atom is 0.309 e. The highest BCUT2D eigenvalue weighted by atomic mass is 32.2. The van der Waals surface area contributed by atoms with E-state index >= 15 is 0 Å². The molecule has 2 fully saturated rings. The molecule has 26 heavy (non-hydrogen) atoms. The van der Waals surface area contributed by atoms with Crippen LogP contribution in [0.25, 0.3) is 0 Å². The van der Waals surface area contributed by atoms with E-state index in [9.17, 15) is 13.2 Å². The average Bonchev–Trinajstić information content (AvgIpc) is 2.65. The van der Waals surface area contributed by atoms with E-state index in [1.807, 2.05) is 19.9 Å². The van der Waals surface area contributed by atoms with Crippen LogP contribution in [0.2, 0.25) is 0 Å². The van der Waals surface area contributed by atoms with Crippen molar-refractivity contribution < 1.29 is 17.9 Å². The molecule has 1 heterocycles. The van der Waals surface area contributed by atoms with Gasteiger partial charge in [0.05, 0.1) is 10.8 Å². The van der Waals surface area contributed by atoms with E-state index in [1.54, 1.807) is 12.1 Å². The Balaban J connectivity index is 1.58. The van der Waals surface area contributed by atoms with Crippen LogP contribution < -0.4 is 0 Å². The monoisotopic (exact) mass is 379 g/mol. The molecule has 1 aromatic rings. The van der Waals surface area contributed by atoms with Gasteiger partial charge in [0.25, 0.3) is 0 Å². The van der Waals surface area contributed by atoms with Gasteiger partial charge >= 0.3 is 5.97 Å². The van der Waals surface area contributed by atoms with Crippen LogP contribution in [0, 0.1) is 19.8 Å². The summed E-state index contributed by atoms with van der Waals surface area (Å²) in [7, 11) is -3.50. The molecule has 1 saturated carbocycles. The quantitative estimate of drug-likeness (QED) is 0.750. The third-order valence-corrected chi connectivity index (χ3v) is 7.63. The number of carbonyl (C=O) groups excluding carboxylic acids is 1. The zero-order valence-corrected chi connectivity index (χ0v) is 16.6. The number of carbonyl (C=O) groups is 1. The number of ether oxygens (including phenoxy) is 1. The third kappa shape index (κ3) is 4.29. The first-order valence-corrected chi connectivity index (χ1v) is 11.1. The molecule has 6 heteroatoms. The minimum atomic E-state index is -3.50. The van der Waals surface area contributed by atoms with Crippen molar-refractivity contribution in [2.75, 3.05) is 13.1 Å². The third-order valence-electron chi connectivity index (χ3n) is 5.74. The molecule has 0 spiro atoms. The molecular weight excluding hydrogens is 350 g/mol. The van der Waals surface area contributed by atoms with Gasteiger partial charge in [0.15, 0.2) is 0 Å². The molecule has 1 aromatic carbocycles. The minimum absolute atomic E-state index is 0.0635. The van der Waals surface area contributed by atoms with Crippen LogP contribution in [0.3, 0.4) is 0 Å². The maximum absolute atomic E-state index is 12.9. The lowest BCUT2D eigenvalue weighted by molar-refractivity contribution is -0.156. The predicted molar refractivity (Wildman–Crippen MR) is 100 cm³/mol. The first kappa shape index (κ1) is 19.4. The molecule has 0 unspecified atom stereocenters. The lowest BCUT2D eigenvalue weighted by Gasteiger charge is -2.31. The summed E-state index contributed by atoms with van der Waals surface area (Å²) >= 11 is 0. The number of nitrogens with zero attached hydrogens (tertiary/aromatic N) is 1. The minimum Gasteiger partial charge on any atom is -0.462 e. The predicted octanol–water partition coefficient (Wildman–Crippen LogP) is 3.58. The zero-order valence-electron chi connectivity index (χ0n) is 15.7. The molecule has 1 aliphatic heterocycles. The van der Waals surface area contributed by atoms with Crippen molar-refractivity contribution in [2.45, 2.75) is 69.8 Å². The van der Waals surface area contributed by atoms with E-state index in [1.165, 1.54) is 10.7 Å². The Morgan fingerprint density at radius 2 is 1.65 bits per heavy atom. The average molecular weight is 380 g/mol. The van der Waals surface area contributed by atoms with Crippen LogP contribution in [0.4, 0.5) is 0 Å². The largest absolute Gasteiger partial charge is 0.462 e. The molecular formula is C20H29NO4S. The number of aryl methyl sites for hydroxylation is 2. The Labute approximate surface area is 156 Å². The second-order valence-electron chi connectivity index (χ2n) is 7.62. The highest BCUT2D eigenvalue weighted by Crippen LogP contribution is 2.27. The van der Waals surface area contributed by atoms with Gasteiger partial charge in [-0.05, 0) is 75.6 Å². The number of sulfonamides is 1. The van der Waals surface area contributed by atoms with E-state index in [2.05, 4.69) is 0 Å². The number of rotatable bonds is 4. The molecule has 5 nitrogen and oxygen atoms in total. The molecule has 0 bridgehead atoms. The molecule has 144 valence electrons. The summed E-state index contributed by atoms with van der Waals surface area (Å²) < 4.78 is 32.9. The smallest absolute Gasteiger partial charge is 0.309 e. The van der Waals surface area contributed by atoms with E-state index in [0.29, 0.717) is 30.8 Å². The highest BCUT2D eigenvalue weighted by Gasteiger charge is 2.33. The molecule has 0 aromatic heterocycles. The topological polar surface area (TPSA) is 63.7 Å². The Morgan fingerprint density at radius 1 is 1.00 bits per heavy atom. The summed E-state index contributed by atoms with van der Waals surface area (Å²) in [6.45, 7) is 4.64. The summed E-state index contributed by atoms with van der Waals surface area (Å²) in [6, 6.07) is 5.24. The van der Waals surface area contributed by atoms with Crippen molar-refractivity contribution in [2.24, 2.45) is 5.92 Å². The van der Waals surface area contributed by atoms with Gasteiger partial charge < -0.3 is 4.74 Å². The van der Waals surface area contributed by atoms with Crippen molar-refractivity contribution >= 4 is 16.0 Å². The first-order valence-electron chi connectivity index (χ1n) is 9.66. The lowest BCUT2D eigenvalue weighted by atomic mass is 9.96. The fourth-order valence-corrected chi connectivity index (χ4v) is 5.35. The van der Waals surface area contributed by atoms with Crippen LogP contribution >= 0.6 is 0 Å². The van der Waals surface area contributed by atoms with Gasteiger partial charge in [0.2, 0.25) is 10.0 Å². The van der Waals surface area contributed by atoms with Gasteiger partial charge in [-0.2, -0.15) is 4.31 Å². The van der Waals surface area contributed by atoms with Crippen molar-refractivity contribution in [1.29, 1.82) is 0 Å². The summed E-state index contributed by atoms with van der Waals surface area (Å²) in [5, 5.41) is 0. The van der Waals surface area contributed by atoms with Crippen LogP contribution in [0.1, 0.15) is 56.1 Å². The van der Waals surface area contributed by atoms with Crippen molar-refractivity contribution in [3.05, 3.63) is 29.3 Å². The van der Waals surface area contributed by atoms with Crippen LogP contribution in [0.15, 0.2) is 23.1 Å². The van der Waals surface area contributed by atoms with Gasteiger partial charge in [-0.1, -0.05) is 12.5 Å². The fourth-order valence-electron chi connectivity index (χ4n) is 3.80. The Hall–Kier alpha value is -1.40. The summed E-state index contributed by atoms with van der Waals surface area (Å²) in [4.78, 5) is 12.7. The number of hydrogen-bond donors (Lipinski definition) is 0. The number of piperidine rings is 1. The number of esters is 1. The van der Waals surface area contributed by atoms with Gasteiger partial charge in [0, 0.05) is 13.1 Å². The van der Waals surface area contributed by atoms with Crippen molar-refractivity contribution in [3.63, 3.8) is 0 Å². The standard InChI is InChI=1S/C20H29NO4S/c1-15-8-9-19(14-16(15)2)26(23,24)21-12-10-17(11-13-21)20(22)25-18-6-4-3-5-7-18/h8-9,14,17-18H,3-7,10-13H2,1-2H3. The molecule has 0 atom stereocenters. The molecule has 0 amide bonds. The van der Waals surface area contributed by atoms with E-state index < -0.39 is 10.0 Å². The first-order chi connectivity index (χ1) is 12.4. The Bertz CT molecular complexity index is 745. The normalized spacial score (nSPS) is 20.8. The lowest BCUT2D eigenvalue weighted by Crippen LogP contribution is -2.41. The highest BCUT2D eigenvalue weighted by molar-refractivity contribution is 7.89. The Kier molecular flexibility index (Phi) is 6.03. The van der Waals surface area contributed by atoms with Crippen LogP contribution in [-0.2, 0) is 19.6 Å². The number of hydrogen-bond acceptors (Lipinski definition) is 4. The molecule has 0 N–H and O–H groups in total. The van der Waals surface area contributed by atoms with Gasteiger partial charge in [-0.25, -0.2) is 8.42 Å². The second kappa shape index (κ2) is 8.09. The van der Waals surface area contributed by atoms with Gasteiger partial charge in [-0.15, -0.1) is 0 Å². The summed E-state index contributed by atoms with van der Waals surface area (Å²) in [6.07, 6.45) is 6.55. The SMILES string of the molecule is Cc1ccc(S(=O)(=O)N2CCC(C(=O)OC3CCCCC3)CC2)cc1C. The fraction of sp³-hybridized carbons (Fsp3) is 0.650. The molecule has 1 aliphatic carbocycles. The molecule has 3 rings (SSSR count). The number of benzene rings is 1. The van der Waals surface area contributed by atoms with Gasteiger partial charge in [-0.3, -0.25) is 4.79 Å². The van der Waals surface area contributed by atoms with Crippen molar-refractivity contribution in [1.82, 2.24) is 4.31 Å². The zero-order chi connectivity index (χ0) is 18.7. The van der Waals surface area contributed by atoms with Gasteiger partial charge in [0.1, 0.15) is 6.10 Å². The van der Waals surface area contributed by atoms with Crippen LogP contribution in [-0.4, -0.2) is 37.9 Å². The van der Waals surface area contributed by atoms with E-state index in [0.717, 1.165) is 36.8 Å². The maximum atomic E-state index is 12.9. The second-order valence-corrected chi connectivity index (χ2v) is 9.56. The van der Waals surface area contributed by atoms with Crippen LogP contribution in [0.5, 0.6) is 0 Å². The van der Waals surface area contributed by atoms with Crippen molar-refractivity contribution in [3.8, 4) is 0 Å². The molecule has 1 saturated heterocycles. The van der Waals surface area contributed by atoms with E-state index in [-0.39, 0.29) is 18.0 Å². The Morgan fingerprint density at radius 3 is 2.27 bits per heavy atom. The summed E-state index contributed by atoms with van der Waals surface area (Å²) in [5.41, 5.74) is 2.05. The molecule has 2 aliphatic rings. The summed E-state index contributed by atoms with van der Waals surface area (Å²) in [5.74, 6) is -0.316. The van der Waals surface area contributed by atoms with E-state index in [4.69, 9.17) is 4.74 Å².